The summed E-state index contributed by atoms with van der Waals surface area (Å²) in [5, 5.41) is 5.09. The number of aromatic nitrogens is 1. The van der Waals surface area contributed by atoms with Crippen LogP contribution in [0.15, 0.2) is 54.7 Å². The number of benzene rings is 2. The molecule has 2 N–H and O–H groups in total. The molecule has 0 atom stereocenters. The van der Waals surface area contributed by atoms with Crippen molar-refractivity contribution >= 4 is 55.8 Å². The van der Waals surface area contributed by atoms with Gasteiger partial charge in [0.1, 0.15) is 4.88 Å². The van der Waals surface area contributed by atoms with Crippen LogP contribution in [0.3, 0.4) is 0 Å². The van der Waals surface area contributed by atoms with Crippen molar-refractivity contribution in [2.45, 2.75) is 6.42 Å². The number of fused-ring (bicyclic) bond motifs is 2. The first-order chi connectivity index (χ1) is 13.6. The van der Waals surface area contributed by atoms with Gasteiger partial charge in [0.25, 0.3) is 5.91 Å². The average molecular weight is 413 g/mol. The van der Waals surface area contributed by atoms with Crippen molar-refractivity contribution in [2.24, 2.45) is 0 Å². The lowest BCUT2D eigenvalue weighted by Crippen LogP contribution is -2.30. The summed E-state index contributed by atoms with van der Waals surface area (Å²) in [7, 11) is 0. The highest BCUT2D eigenvalue weighted by atomic mass is 35.5. The zero-order valence-corrected chi connectivity index (χ0v) is 16.4. The van der Waals surface area contributed by atoms with Crippen LogP contribution in [0.2, 0.25) is 5.02 Å². The number of halogens is 1. The Morgan fingerprint density at radius 3 is 2.64 bits per heavy atom. The highest BCUT2D eigenvalue weighted by Gasteiger charge is 2.19. The lowest BCUT2D eigenvalue weighted by molar-refractivity contribution is -0.124. The monoisotopic (exact) mass is 412 g/mol. The van der Waals surface area contributed by atoms with Crippen molar-refractivity contribution < 1.29 is 14.3 Å². The van der Waals surface area contributed by atoms with Crippen molar-refractivity contribution in [1.82, 2.24) is 10.3 Å². The highest BCUT2D eigenvalue weighted by Crippen LogP contribution is 2.35. The number of aromatic amines is 1. The topological polar surface area (TPSA) is 71.2 Å². The molecule has 1 amide bonds. The molecule has 0 spiro atoms. The third kappa shape index (κ3) is 3.74. The average Bonchev–Trinajstić information content (AvgIpc) is 3.28. The molecule has 0 fully saturated rings. The Kier molecular flexibility index (Phi) is 5.32. The standard InChI is InChI=1S/C21H17ClN2O3S/c22-19-15-6-2-4-8-17(15)28-20(19)21(26)27-12-18(25)23-10-9-13-11-24-16-7-3-1-5-14(13)16/h1-8,11,24H,9-10,12H2,(H,23,25). The van der Waals surface area contributed by atoms with Gasteiger partial charge in [0, 0.05) is 33.7 Å². The Morgan fingerprint density at radius 1 is 1.07 bits per heavy atom. The minimum Gasteiger partial charge on any atom is -0.451 e. The van der Waals surface area contributed by atoms with Gasteiger partial charge in [0.15, 0.2) is 6.61 Å². The van der Waals surface area contributed by atoms with E-state index in [1.54, 1.807) is 0 Å². The van der Waals surface area contributed by atoms with E-state index in [0.29, 0.717) is 22.9 Å². The maximum atomic E-state index is 12.3. The number of carbonyl (C=O) groups is 2. The van der Waals surface area contributed by atoms with E-state index in [9.17, 15) is 9.59 Å². The first-order valence-corrected chi connectivity index (χ1v) is 9.99. The minimum absolute atomic E-state index is 0.314. The van der Waals surface area contributed by atoms with E-state index in [-0.39, 0.29) is 12.5 Å². The molecule has 0 saturated carbocycles. The van der Waals surface area contributed by atoms with E-state index in [2.05, 4.69) is 10.3 Å². The number of para-hydroxylation sites is 1. The highest BCUT2D eigenvalue weighted by molar-refractivity contribution is 7.21. The third-order valence-electron chi connectivity index (χ3n) is 4.45. The number of hydrogen-bond donors (Lipinski definition) is 2. The van der Waals surface area contributed by atoms with Crippen LogP contribution in [0.1, 0.15) is 15.2 Å². The summed E-state index contributed by atoms with van der Waals surface area (Å²) in [6.45, 7) is 0.124. The molecule has 28 heavy (non-hydrogen) atoms. The maximum Gasteiger partial charge on any atom is 0.350 e. The summed E-state index contributed by atoms with van der Waals surface area (Å²) in [6.07, 6.45) is 2.63. The zero-order valence-electron chi connectivity index (χ0n) is 14.8. The first-order valence-electron chi connectivity index (χ1n) is 8.79. The Hall–Kier alpha value is -2.83. The molecule has 0 aliphatic heterocycles. The van der Waals surface area contributed by atoms with Crippen LogP contribution in [-0.4, -0.2) is 30.0 Å². The predicted molar refractivity (Wildman–Crippen MR) is 112 cm³/mol. The molecule has 142 valence electrons. The van der Waals surface area contributed by atoms with Crippen LogP contribution in [0, 0.1) is 0 Å². The van der Waals surface area contributed by atoms with Crippen LogP contribution < -0.4 is 5.32 Å². The molecular formula is C21H17ClN2O3S. The summed E-state index contributed by atoms with van der Waals surface area (Å²) in [4.78, 5) is 27.8. The number of amides is 1. The zero-order chi connectivity index (χ0) is 19.5. The number of hydrogen-bond acceptors (Lipinski definition) is 4. The Bertz CT molecular complexity index is 1160. The fourth-order valence-corrected chi connectivity index (χ4v) is 4.47. The van der Waals surface area contributed by atoms with E-state index in [4.69, 9.17) is 16.3 Å². The molecular weight excluding hydrogens is 396 g/mol. The van der Waals surface area contributed by atoms with Crippen LogP contribution in [0.25, 0.3) is 21.0 Å². The SMILES string of the molecule is O=C(COC(=O)c1sc2ccccc2c1Cl)NCCc1c[nH]c2ccccc12. The number of esters is 1. The molecule has 2 aromatic carbocycles. The summed E-state index contributed by atoms with van der Waals surface area (Å²) in [6, 6.07) is 15.5. The maximum absolute atomic E-state index is 12.3. The van der Waals surface area contributed by atoms with E-state index in [1.807, 2.05) is 54.7 Å². The van der Waals surface area contributed by atoms with Crippen molar-refractivity contribution in [3.63, 3.8) is 0 Å². The minimum atomic E-state index is -0.585. The van der Waals surface area contributed by atoms with Gasteiger partial charge in [-0.1, -0.05) is 48.0 Å². The van der Waals surface area contributed by atoms with Gasteiger partial charge in [0.2, 0.25) is 0 Å². The van der Waals surface area contributed by atoms with Crippen LogP contribution in [0.4, 0.5) is 0 Å². The fourth-order valence-electron chi connectivity index (χ4n) is 3.07. The van der Waals surface area contributed by atoms with E-state index in [0.717, 1.165) is 26.6 Å². The number of H-pyrrole nitrogens is 1. The van der Waals surface area contributed by atoms with Crippen molar-refractivity contribution in [2.75, 3.05) is 13.2 Å². The molecule has 0 radical (unpaired) electrons. The van der Waals surface area contributed by atoms with Gasteiger partial charge in [-0.25, -0.2) is 4.79 Å². The molecule has 0 aliphatic carbocycles. The van der Waals surface area contributed by atoms with Gasteiger partial charge >= 0.3 is 5.97 Å². The molecule has 0 bridgehead atoms. The second kappa shape index (κ2) is 8.04. The normalized spacial score (nSPS) is 11.0. The third-order valence-corrected chi connectivity index (χ3v) is 6.10. The second-order valence-electron chi connectivity index (χ2n) is 6.28. The smallest absolute Gasteiger partial charge is 0.350 e. The van der Waals surface area contributed by atoms with E-state index in [1.165, 1.54) is 11.3 Å². The van der Waals surface area contributed by atoms with E-state index < -0.39 is 5.97 Å². The molecule has 0 aliphatic rings. The van der Waals surface area contributed by atoms with Crippen molar-refractivity contribution in [3.8, 4) is 0 Å². The summed E-state index contributed by atoms with van der Waals surface area (Å²) in [5.41, 5.74) is 2.20. The van der Waals surface area contributed by atoms with Crippen LogP contribution >= 0.6 is 22.9 Å². The van der Waals surface area contributed by atoms with Gasteiger partial charge in [-0.3, -0.25) is 4.79 Å². The number of ether oxygens (including phenoxy) is 1. The van der Waals surface area contributed by atoms with Crippen LogP contribution in [-0.2, 0) is 16.0 Å². The molecule has 0 unspecified atom stereocenters. The molecule has 2 aromatic heterocycles. The van der Waals surface area contributed by atoms with E-state index >= 15 is 0 Å². The lowest BCUT2D eigenvalue weighted by Gasteiger charge is -2.06. The predicted octanol–water partition coefficient (Wildman–Crippen LogP) is 4.55. The summed E-state index contributed by atoms with van der Waals surface area (Å²) in [5.74, 6) is -0.927. The van der Waals surface area contributed by atoms with Gasteiger partial charge in [-0.05, 0) is 24.1 Å². The molecule has 7 heteroatoms. The Balaban J connectivity index is 1.29. The number of carbonyl (C=O) groups excluding carboxylic acids is 2. The molecule has 5 nitrogen and oxygen atoms in total. The molecule has 2 heterocycles. The quantitative estimate of drug-likeness (QED) is 0.456. The fraction of sp³-hybridized carbons (Fsp3) is 0.143. The number of nitrogens with one attached hydrogen (secondary N) is 2. The largest absolute Gasteiger partial charge is 0.451 e. The number of thiophene rings is 1. The Morgan fingerprint density at radius 2 is 1.82 bits per heavy atom. The lowest BCUT2D eigenvalue weighted by atomic mass is 10.1. The van der Waals surface area contributed by atoms with Gasteiger partial charge < -0.3 is 15.0 Å². The second-order valence-corrected chi connectivity index (χ2v) is 7.71. The van der Waals surface area contributed by atoms with Crippen LogP contribution in [0.5, 0.6) is 0 Å². The molecule has 0 saturated heterocycles. The van der Waals surface area contributed by atoms with Crippen molar-refractivity contribution in [3.05, 3.63) is 70.2 Å². The summed E-state index contributed by atoms with van der Waals surface area (Å²) >= 11 is 7.52. The van der Waals surface area contributed by atoms with Gasteiger partial charge in [-0.15, -0.1) is 11.3 Å². The number of rotatable bonds is 6. The Labute approximate surface area is 170 Å². The first kappa shape index (κ1) is 18.5. The molecule has 4 rings (SSSR count). The van der Waals surface area contributed by atoms with Gasteiger partial charge in [-0.2, -0.15) is 0 Å². The molecule has 4 aromatic rings. The summed E-state index contributed by atoms with van der Waals surface area (Å²) < 4.78 is 6.03. The van der Waals surface area contributed by atoms with Crippen molar-refractivity contribution in [1.29, 1.82) is 0 Å². The van der Waals surface area contributed by atoms with Gasteiger partial charge in [0.05, 0.1) is 5.02 Å².